The molecular weight excluding hydrogens is 518 g/mol. The second-order valence-electron chi connectivity index (χ2n) is 7.46. The van der Waals surface area contributed by atoms with Crippen LogP contribution in [0.1, 0.15) is 32.8 Å². The molecule has 0 saturated heterocycles. The van der Waals surface area contributed by atoms with Gasteiger partial charge in [-0.15, -0.1) is 0 Å². The van der Waals surface area contributed by atoms with E-state index in [1.807, 2.05) is 12.1 Å². The van der Waals surface area contributed by atoms with Gasteiger partial charge in [-0.05, 0) is 34.4 Å². The van der Waals surface area contributed by atoms with Crippen LogP contribution in [0.15, 0.2) is 97.1 Å². The molecule has 0 aliphatic rings. The van der Waals surface area contributed by atoms with Gasteiger partial charge in [0, 0.05) is 0 Å². The van der Waals surface area contributed by atoms with Gasteiger partial charge in [-0.25, -0.2) is 8.42 Å². The maximum atomic E-state index is 14.6. The molecule has 2 unspecified atom stereocenters. The van der Waals surface area contributed by atoms with Crippen molar-refractivity contribution in [2.24, 2.45) is 0 Å². The topological polar surface area (TPSA) is 34.1 Å². The van der Waals surface area contributed by atoms with E-state index in [1.165, 1.54) is 0 Å². The summed E-state index contributed by atoms with van der Waals surface area (Å²) < 4.78 is 29.1. The minimum Gasteiger partial charge on any atom is -0.227 e. The molecule has 0 aliphatic carbocycles. The molecule has 33 heavy (non-hydrogen) atoms. The predicted octanol–water partition coefficient (Wildman–Crippen LogP) is 8.59. The summed E-state index contributed by atoms with van der Waals surface area (Å²) >= 11 is 25.7. The van der Waals surface area contributed by atoms with E-state index in [0.717, 1.165) is 0 Å². The zero-order valence-electron chi connectivity index (χ0n) is 17.1. The molecular formula is C26H18Cl4O2S. The Hall–Kier alpha value is -2.01. The van der Waals surface area contributed by atoms with Gasteiger partial charge in [-0.1, -0.05) is 131 Å². The third-order valence-electron chi connectivity index (χ3n) is 5.39. The van der Waals surface area contributed by atoms with E-state index in [1.54, 1.807) is 84.9 Å². The lowest BCUT2D eigenvalue weighted by atomic mass is 10.0. The quantitative estimate of drug-likeness (QED) is 0.247. The van der Waals surface area contributed by atoms with Crippen molar-refractivity contribution < 1.29 is 8.42 Å². The van der Waals surface area contributed by atoms with Gasteiger partial charge in [0.2, 0.25) is 0 Å². The predicted molar refractivity (Wildman–Crippen MR) is 138 cm³/mol. The first kappa shape index (κ1) is 24.1. The maximum Gasteiger partial charge on any atom is 0.172 e. The van der Waals surface area contributed by atoms with Gasteiger partial charge in [0.1, 0.15) is 10.5 Å². The number of hydrogen-bond donors (Lipinski definition) is 0. The molecule has 4 rings (SSSR count). The van der Waals surface area contributed by atoms with Gasteiger partial charge in [-0.3, -0.25) is 0 Å². The van der Waals surface area contributed by atoms with Crippen molar-refractivity contribution in [3.63, 3.8) is 0 Å². The molecule has 0 fully saturated rings. The molecule has 0 aliphatic heterocycles. The number of halogens is 4. The first-order valence-corrected chi connectivity index (χ1v) is 13.1. The normalized spacial score (nSPS) is 13.5. The van der Waals surface area contributed by atoms with Crippen molar-refractivity contribution in [2.45, 2.75) is 10.5 Å². The Morgan fingerprint density at radius 2 is 0.848 bits per heavy atom. The molecule has 0 N–H and O–H groups in total. The highest BCUT2D eigenvalue weighted by molar-refractivity contribution is 7.92. The summed E-state index contributed by atoms with van der Waals surface area (Å²) in [7, 11) is -4.04. The van der Waals surface area contributed by atoms with Crippen molar-refractivity contribution in [1.29, 1.82) is 0 Å². The highest BCUT2D eigenvalue weighted by Gasteiger charge is 2.40. The van der Waals surface area contributed by atoms with Crippen LogP contribution in [0.3, 0.4) is 0 Å². The van der Waals surface area contributed by atoms with Crippen LogP contribution in [0.2, 0.25) is 20.1 Å². The van der Waals surface area contributed by atoms with Crippen molar-refractivity contribution in [1.82, 2.24) is 0 Å². The number of hydrogen-bond acceptors (Lipinski definition) is 2. The lowest BCUT2D eigenvalue weighted by Crippen LogP contribution is -2.24. The van der Waals surface area contributed by atoms with Crippen molar-refractivity contribution in [2.75, 3.05) is 0 Å². The SMILES string of the molecule is O=S(=O)(C(c1ccccc1)c1cccc(Cl)c1Cl)C(c1ccccc1)c1cccc(Cl)c1Cl. The van der Waals surface area contributed by atoms with Crippen LogP contribution in [0.4, 0.5) is 0 Å². The molecule has 0 radical (unpaired) electrons. The Kier molecular flexibility index (Phi) is 7.37. The fraction of sp³-hybridized carbons (Fsp3) is 0.0769. The molecule has 0 spiro atoms. The molecule has 2 atom stereocenters. The first-order chi connectivity index (χ1) is 15.8. The molecule has 2 nitrogen and oxygen atoms in total. The standard InChI is InChI=1S/C26H18Cl4O2S/c27-21-15-7-13-19(23(21)29)25(17-9-3-1-4-10-17)33(31,32)26(18-11-5-2-6-12-18)20-14-8-16-22(28)24(20)30/h1-16,25-26H. The molecule has 7 heteroatoms. The first-order valence-electron chi connectivity index (χ1n) is 10.0. The van der Waals surface area contributed by atoms with Crippen LogP contribution < -0.4 is 0 Å². The number of sulfone groups is 1. The number of benzene rings is 4. The highest BCUT2D eigenvalue weighted by Crippen LogP contribution is 2.47. The summed E-state index contributed by atoms with van der Waals surface area (Å²) in [6.07, 6.45) is 0. The Labute approximate surface area is 213 Å². The smallest absolute Gasteiger partial charge is 0.172 e. The van der Waals surface area contributed by atoms with Crippen LogP contribution in [-0.2, 0) is 9.84 Å². The number of rotatable bonds is 6. The summed E-state index contributed by atoms with van der Waals surface area (Å²) in [5.41, 5.74) is 1.94. The molecule has 0 heterocycles. The van der Waals surface area contributed by atoms with E-state index < -0.39 is 20.3 Å². The Morgan fingerprint density at radius 3 is 1.21 bits per heavy atom. The third kappa shape index (κ3) is 4.80. The average Bonchev–Trinajstić information content (AvgIpc) is 2.81. The Bertz CT molecular complexity index is 1270. The lowest BCUT2D eigenvalue weighted by molar-refractivity contribution is 0.582. The molecule has 0 saturated carbocycles. The zero-order valence-corrected chi connectivity index (χ0v) is 21.0. The van der Waals surface area contributed by atoms with Gasteiger partial charge in [0.15, 0.2) is 9.84 Å². The van der Waals surface area contributed by atoms with Crippen molar-refractivity contribution in [3.05, 3.63) is 139 Å². The van der Waals surface area contributed by atoms with Gasteiger partial charge < -0.3 is 0 Å². The van der Waals surface area contributed by atoms with Gasteiger partial charge in [0.25, 0.3) is 0 Å². The fourth-order valence-electron chi connectivity index (χ4n) is 3.93. The molecule has 0 amide bonds. The van der Waals surface area contributed by atoms with Crippen molar-refractivity contribution in [3.8, 4) is 0 Å². The maximum absolute atomic E-state index is 14.6. The Balaban J connectivity index is 2.03. The van der Waals surface area contributed by atoms with Crippen LogP contribution in [-0.4, -0.2) is 8.42 Å². The van der Waals surface area contributed by atoms with E-state index in [0.29, 0.717) is 22.3 Å². The van der Waals surface area contributed by atoms with E-state index >= 15 is 0 Å². The largest absolute Gasteiger partial charge is 0.227 e. The van der Waals surface area contributed by atoms with E-state index in [4.69, 9.17) is 46.4 Å². The lowest BCUT2D eigenvalue weighted by Gasteiger charge is -2.27. The molecule has 4 aromatic carbocycles. The molecule has 168 valence electrons. The van der Waals surface area contributed by atoms with Crippen LogP contribution >= 0.6 is 46.4 Å². The minimum atomic E-state index is -4.04. The van der Waals surface area contributed by atoms with E-state index in [-0.39, 0.29) is 20.1 Å². The second kappa shape index (κ2) is 10.1. The fourth-order valence-corrected chi connectivity index (χ4v) is 7.34. The average molecular weight is 536 g/mol. The van der Waals surface area contributed by atoms with Crippen LogP contribution in [0.25, 0.3) is 0 Å². The monoisotopic (exact) mass is 534 g/mol. The van der Waals surface area contributed by atoms with E-state index in [9.17, 15) is 8.42 Å². The van der Waals surface area contributed by atoms with Gasteiger partial charge in [-0.2, -0.15) is 0 Å². The molecule has 4 aromatic rings. The van der Waals surface area contributed by atoms with Gasteiger partial charge in [0.05, 0.1) is 20.1 Å². The summed E-state index contributed by atoms with van der Waals surface area (Å²) in [5.74, 6) is 0. The zero-order chi connectivity index (χ0) is 23.6. The molecule has 0 bridgehead atoms. The summed E-state index contributed by atoms with van der Waals surface area (Å²) in [6, 6.07) is 27.9. The minimum absolute atomic E-state index is 0.195. The summed E-state index contributed by atoms with van der Waals surface area (Å²) in [5, 5.41) is -1.24. The van der Waals surface area contributed by atoms with Crippen LogP contribution in [0.5, 0.6) is 0 Å². The third-order valence-corrected chi connectivity index (χ3v) is 9.42. The molecule has 0 aromatic heterocycles. The van der Waals surface area contributed by atoms with Crippen LogP contribution in [0, 0.1) is 0 Å². The second-order valence-corrected chi connectivity index (χ2v) is 11.1. The summed E-state index contributed by atoms with van der Waals surface area (Å²) in [6.45, 7) is 0. The van der Waals surface area contributed by atoms with Gasteiger partial charge >= 0.3 is 0 Å². The van der Waals surface area contributed by atoms with E-state index in [2.05, 4.69) is 0 Å². The highest BCUT2D eigenvalue weighted by atomic mass is 35.5. The summed E-state index contributed by atoms with van der Waals surface area (Å²) in [4.78, 5) is 0. The Morgan fingerprint density at radius 1 is 0.485 bits per heavy atom. The van der Waals surface area contributed by atoms with Crippen molar-refractivity contribution >= 4 is 56.2 Å².